The van der Waals surface area contributed by atoms with Crippen molar-refractivity contribution in [1.82, 2.24) is 10.6 Å². The minimum atomic E-state index is -0.0574. The van der Waals surface area contributed by atoms with Crippen LogP contribution in [0.5, 0.6) is 0 Å². The molecule has 2 aliphatic rings. The molecule has 0 heterocycles. The summed E-state index contributed by atoms with van der Waals surface area (Å²) in [4.78, 5) is 11.7. The Kier molecular flexibility index (Phi) is 2.75. The maximum Gasteiger partial charge on any atom is 0.237 e. The molecule has 0 spiro atoms. The third-order valence-electron chi connectivity index (χ3n) is 3.90. The fourth-order valence-electron chi connectivity index (χ4n) is 1.84. The van der Waals surface area contributed by atoms with Crippen LogP contribution >= 0.6 is 0 Å². The first kappa shape index (κ1) is 10.9. The molecule has 0 aromatic carbocycles. The van der Waals surface area contributed by atoms with E-state index in [0.717, 1.165) is 12.8 Å². The van der Waals surface area contributed by atoms with Gasteiger partial charge in [-0.3, -0.25) is 4.79 Å². The highest BCUT2D eigenvalue weighted by Crippen LogP contribution is 2.48. The molecule has 0 radical (unpaired) electrons. The average molecular weight is 210 g/mol. The Bertz CT molecular complexity index is 256. The first-order valence-electron chi connectivity index (χ1n) is 6.08. The number of carbonyl (C=O) groups excluding carboxylic acids is 1. The fraction of sp³-hybridized carbons (Fsp3) is 0.917. The molecule has 15 heavy (non-hydrogen) atoms. The minimum absolute atomic E-state index is 0.0574. The quantitative estimate of drug-likeness (QED) is 0.721. The molecule has 3 heteroatoms. The molecule has 0 aliphatic heterocycles. The van der Waals surface area contributed by atoms with Crippen molar-refractivity contribution in [2.45, 2.75) is 64.6 Å². The maximum absolute atomic E-state index is 11.7. The fourth-order valence-corrected chi connectivity index (χ4v) is 1.84. The lowest BCUT2D eigenvalue weighted by atomic mass is 10.00. The molecule has 1 amide bonds. The summed E-state index contributed by atoms with van der Waals surface area (Å²) in [6.45, 7) is 6.43. The van der Waals surface area contributed by atoms with Crippen LogP contribution in [0.3, 0.4) is 0 Å². The van der Waals surface area contributed by atoms with Gasteiger partial charge in [0.1, 0.15) is 0 Å². The van der Waals surface area contributed by atoms with Crippen molar-refractivity contribution >= 4 is 5.91 Å². The summed E-state index contributed by atoms with van der Waals surface area (Å²) in [5.74, 6) is 0.161. The summed E-state index contributed by atoms with van der Waals surface area (Å²) in [5, 5.41) is 6.43. The normalized spacial score (nSPS) is 26.9. The molecular weight excluding hydrogens is 188 g/mol. The molecule has 2 rings (SSSR count). The van der Waals surface area contributed by atoms with E-state index in [1.165, 1.54) is 12.8 Å². The van der Waals surface area contributed by atoms with E-state index in [-0.39, 0.29) is 11.9 Å². The monoisotopic (exact) mass is 210 g/mol. The largest absolute Gasteiger partial charge is 0.352 e. The highest BCUT2D eigenvalue weighted by atomic mass is 16.2. The van der Waals surface area contributed by atoms with Crippen molar-refractivity contribution in [1.29, 1.82) is 0 Å². The molecule has 2 aliphatic carbocycles. The molecule has 86 valence electrons. The van der Waals surface area contributed by atoms with Gasteiger partial charge in [0.15, 0.2) is 0 Å². The van der Waals surface area contributed by atoms with E-state index in [0.29, 0.717) is 17.5 Å². The Morgan fingerprint density at radius 1 is 1.33 bits per heavy atom. The molecule has 3 nitrogen and oxygen atoms in total. The van der Waals surface area contributed by atoms with Gasteiger partial charge in [0, 0.05) is 12.1 Å². The second-order valence-electron chi connectivity index (χ2n) is 5.55. The van der Waals surface area contributed by atoms with E-state index >= 15 is 0 Å². The Labute approximate surface area is 92.0 Å². The molecule has 2 unspecified atom stereocenters. The predicted octanol–water partition coefficient (Wildman–Crippen LogP) is 1.43. The van der Waals surface area contributed by atoms with Gasteiger partial charge in [-0.2, -0.15) is 0 Å². The highest BCUT2D eigenvalue weighted by Gasteiger charge is 2.43. The third-order valence-corrected chi connectivity index (χ3v) is 3.90. The van der Waals surface area contributed by atoms with E-state index in [2.05, 4.69) is 24.5 Å². The highest BCUT2D eigenvalue weighted by molar-refractivity contribution is 5.81. The lowest BCUT2D eigenvalue weighted by Crippen LogP contribution is -2.48. The molecule has 2 fully saturated rings. The lowest BCUT2D eigenvalue weighted by Gasteiger charge is -2.24. The Balaban J connectivity index is 1.74. The number of nitrogens with one attached hydrogen (secondary N) is 2. The van der Waals surface area contributed by atoms with Crippen LogP contribution in [-0.4, -0.2) is 24.0 Å². The van der Waals surface area contributed by atoms with Crippen LogP contribution in [0.4, 0.5) is 0 Å². The minimum Gasteiger partial charge on any atom is -0.352 e. The zero-order chi connectivity index (χ0) is 11.1. The second kappa shape index (κ2) is 3.78. The summed E-state index contributed by atoms with van der Waals surface area (Å²) in [5.41, 5.74) is 0.439. The molecular formula is C12H22N2O. The van der Waals surface area contributed by atoms with E-state index in [4.69, 9.17) is 0 Å². The first-order chi connectivity index (χ1) is 7.01. The molecule has 0 aromatic heterocycles. The van der Waals surface area contributed by atoms with Crippen molar-refractivity contribution in [3.8, 4) is 0 Å². The van der Waals surface area contributed by atoms with Crippen molar-refractivity contribution in [2.75, 3.05) is 0 Å². The van der Waals surface area contributed by atoms with Crippen LogP contribution in [0.25, 0.3) is 0 Å². The van der Waals surface area contributed by atoms with Crippen LogP contribution in [0, 0.1) is 5.41 Å². The lowest BCUT2D eigenvalue weighted by molar-refractivity contribution is -0.123. The number of hydrogen-bond acceptors (Lipinski definition) is 2. The van der Waals surface area contributed by atoms with Crippen LogP contribution in [0.15, 0.2) is 0 Å². The van der Waals surface area contributed by atoms with Gasteiger partial charge in [-0.15, -0.1) is 0 Å². The van der Waals surface area contributed by atoms with E-state index in [1.807, 2.05) is 6.92 Å². The van der Waals surface area contributed by atoms with Crippen LogP contribution < -0.4 is 10.6 Å². The van der Waals surface area contributed by atoms with Gasteiger partial charge in [0.2, 0.25) is 5.91 Å². The van der Waals surface area contributed by atoms with E-state index < -0.39 is 0 Å². The van der Waals surface area contributed by atoms with Crippen LogP contribution in [0.1, 0.15) is 46.5 Å². The van der Waals surface area contributed by atoms with Gasteiger partial charge in [0.05, 0.1) is 6.04 Å². The topological polar surface area (TPSA) is 41.1 Å². The summed E-state index contributed by atoms with van der Waals surface area (Å²) in [6, 6.07) is 0.851. The molecule has 2 N–H and O–H groups in total. The standard InChI is InChI=1S/C12H22N2O/c1-8(11(15)14-10-4-5-10)13-9(2)12(3)6-7-12/h8-10,13H,4-7H2,1-3H3,(H,14,15). The molecule has 0 saturated heterocycles. The number of rotatable bonds is 5. The summed E-state index contributed by atoms with van der Waals surface area (Å²) >= 11 is 0. The first-order valence-corrected chi connectivity index (χ1v) is 6.08. The Morgan fingerprint density at radius 3 is 2.40 bits per heavy atom. The second-order valence-corrected chi connectivity index (χ2v) is 5.55. The summed E-state index contributed by atoms with van der Waals surface area (Å²) < 4.78 is 0. The zero-order valence-corrected chi connectivity index (χ0v) is 9.97. The van der Waals surface area contributed by atoms with Gasteiger partial charge >= 0.3 is 0 Å². The van der Waals surface area contributed by atoms with Crippen molar-refractivity contribution in [3.63, 3.8) is 0 Å². The molecule has 0 aromatic rings. The van der Waals surface area contributed by atoms with Crippen LogP contribution in [0.2, 0.25) is 0 Å². The van der Waals surface area contributed by atoms with Gasteiger partial charge in [-0.05, 0) is 44.9 Å². The van der Waals surface area contributed by atoms with Crippen molar-refractivity contribution in [3.05, 3.63) is 0 Å². The molecule has 2 saturated carbocycles. The third kappa shape index (κ3) is 2.71. The number of carbonyl (C=O) groups is 1. The number of amides is 1. The van der Waals surface area contributed by atoms with Gasteiger partial charge in [0.25, 0.3) is 0 Å². The van der Waals surface area contributed by atoms with E-state index in [1.54, 1.807) is 0 Å². The summed E-state index contributed by atoms with van der Waals surface area (Å²) in [7, 11) is 0. The van der Waals surface area contributed by atoms with Crippen molar-refractivity contribution in [2.24, 2.45) is 5.41 Å². The van der Waals surface area contributed by atoms with Crippen LogP contribution in [-0.2, 0) is 4.79 Å². The Hall–Kier alpha value is -0.570. The van der Waals surface area contributed by atoms with E-state index in [9.17, 15) is 4.79 Å². The van der Waals surface area contributed by atoms with Gasteiger partial charge in [-0.25, -0.2) is 0 Å². The number of hydrogen-bond donors (Lipinski definition) is 2. The van der Waals surface area contributed by atoms with Gasteiger partial charge in [-0.1, -0.05) is 6.92 Å². The van der Waals surface area contributed by atoms with Gasteiger partial charge < -0.3 is 10.6 Å². The Morgan fingerprint density at radius 2 is 1.93 bits per heavy atom. The maximum atomic E-state index is 11.7. The molecule has 2 atom stereocenters. The predicted molar refractivity (Wildman–Crippen MR) is 60.6 cm³/mol. The average Bonchev–Trinajstić information content (AvgIpc) is 3.04. The molecule has 0 bridgehead atoms. The smallest absolute Gasteiger partial charge is 0.237 e. The van der Waals surface area contributed by atoms with Crippen molar-refractivity contribution < 1.29 is 4.79 Å². The SMILES string of the molecule is CC(NC(C)C1(C)CC1)C(=O)NC1CC1. The zero-order valence-electron chi connectivity index (χ0n) is 9.97. The summed E-state index contributed by atoms with van der Waals surface area (Å²) in [6.07, 6.45) is 4.90.